The molecular weight excluding hydrogens is 282 g/mol. The predicted molar refractivity (Wildman–Crippen MR) is 71.6 cm³/mol. The maximum Gasteiger partial charge on any atom is 0.323 e. The average molecular weight is 298 g/mol. The molecule has 1 atom stereocenters. The van der Waals surface area contributed by atoms with Crippen LogP contribution in [0.25, 0.3) is 0 Å². The first-order valence-corrected chi connectivity index (χ1v) is 6.58. The van der Waals surface area contributed by atoms with Gasteiger partial charge in [-0.15, -0.1) is 0 Å². The van der Waals surface area contributed by atoms with Crippen molar-refractivity contribution in [2.24, 2.45) is 0 Å². The quantitative estimate of drug-likeness (QED) is 0.857. The Balaban J connectivity index is 1.95. The molecular formula is C14H16F2N2O3. The predicted octanol–water partition coefficient (Wildman–Crippen LogP) is 1.54. The van der Waals surface area contributed by atoms with E-state index in [1.165, 1.54) is 13.2 Å². The largest absolute Gasteiger partial charge is 0.468 e. The highest BCUT2D eigenvalue weighted by Gasteiger charge is 2.32. The van der Waals surface area contributed by atoms with Crippen molar-refractivity contribution in [3.05, 3.63) is 29.8 Å². The fourth-order valence-electron chi connectivity index (χ4n) is 2.38. The van der Waals surface area contributed by atoms with E-state index in [1.54, 1.807) is 4.90 Å². The smallest absolute Gasteiger partial charge is 0.323 e. The minimum Gasteiger partial charge on any atom is -0.468 e. The van der Waals surface area contributed by atoms with Crippen LogP contribution in [0.5, 0.6) is 0 Å². The van der Waals surface area contributed by atoms with Crippen LogP contribution in [0.1, 0.15) is 12.8 Å². The molecule has 0 saturated carbocycles. The number of benzene rings is 1. The summed E-state index contributed by atoms with van der Waals surface area (Å²) in [5, 5.41) is 2.47. The maximum atomic E-state index is 13.1. The zero-order valence-corrected chi connectivity index (χ0v) is 11.6. The second-order valence-corrected chi connectivity index (χ2v) is 4.83. The Bertz CT molecular complexity index is 551. The highest BCUT2D eigenvalue weighted by molar-refractivity contribution is 5.92. The van der Waals surface area contributed by atoms with Crippen molar-refractivity contribution in [3.8, 4) is 0 Å². The van der Waals surface area contributed by atoms with Crippen LogP contribution >= 0.6 is 0 Å². The number of amides is 1. The van der Waals surface area contributed by atoms with Crippen molar-refractivity contribution < 1.29 is 23.1 Å². The number of carbonyl (C=O) groups is 2. The summed E-state index contributed by atoms with van der Waals surface area (Å²) in [6.45, 7) is 0.615. The number of carbonyl (C=O) groups excluding carboxylic acids is 2. The Morgan fingerprint density at radius 2 is 2.14 bits per heavy atom. The molecule has 114 valence electrons. The lowest BCUT2D eigenvalue weighted by Gasteiger charge is -2.21. The number of likely N-dealkylation sites (tertiary alicyclic amines) is 1. The topological polar surface area (TPSA) is 58.6 Å². The van der Waals surface area contributed by atoms with Gasteiger partial charge in [-0.25, -0.2) is 8.78 Å². The number of rotatable bonds is 4. The summed E-state index contributed by atoms with van der Waals surface area (Å²) in [6.07, 6.45) is 1.45. The van der Waals surface area contributed by atoms with Crippen LogP contribution in [0, 0.1) is 11.6 Å². The molecule has 1 aromatic rings. The molecule has 0 aromatic heterocycles. The van der Waals surface area contributed by atoms with Crippen LogP contribution in [-0.4, -0.2) is 43.0 Å². The SMILES string of the molecule is COC(=O)C1CCCN1CC(=O)Nc1ccc(F)c(F)c1. The normalized spacial score (nSPS) is 18.5. The van der Waals surface area contributed by atoms with E-state index in [4.69, 9.17) is 0 Å². The molecule has 0 radical (unpaired) electrons. The van der Waals surface area contributed by atoms with Crippen molar-refractivity contribution in [1.29, 1.82) is 0 Å². The number of nitrogens with zero attached hydrogens (tertiary/aromatic N) is 1. The van der Waals surface area contributed by atoms with Gasteiger partial charge in [0.25, 0.3) is 0 Å². The minimum absolute atomic E-state index is 0.00123. The van der Waals surface area contributed by atoms with Gasteiger partial charge in [0.2, 0.25) is 5.91 Å². The molecule has 1 heterocycles. The Morgan fingerprint density at radius 1 is 1.38 bits per heavy atom. The van der Waals surface area contributed by atoms with Gasteiger partial charge in [0.05, 0.1) is 13.7 Å². The van der Waals surface area contributed by atoms with Crippen molar-refractivity contribution in [1.82, 2.24) is 4.90 Å². The zero-order chi connectivity index (χ0) is 15.4. The number of anilines is 1. The molecule has 1 N–H and O–H groups in total. The van der Waals surface area contributed by atoms with Crippen molar-refractivity contribution in [2.75, 3.05) is 25.5 Å². The van der Waals surface area contributed by atoms with Gasteiger partial charge in [-0.3, -0.25) is 14.5 Å². The Kier molecular flexibility index (Phi) is 4.85. The molecule has 2 rings (SSSR count). The third kappa shape index (κ3) is 3.75. The van der Waals surface area contributed by atoms with Crippen LogP contribution < -0.4 is 5.32 Å². The Labute approximate surface area is 120 Å². The monoisotopic (exact) mass is 298 g/mol. The summed E-state index contributed by atoms with van der Waals surface area (Å²) in [7, 11) is 1.31. The maximum absolute atomic E-state index is 13.1. The Hall–Kier alpha value is -2.02. The molecule has 1 fully saturated rings. The number of ether oxygens (including phenoxy) is 1. The highest BCUT2D eigenvalue weighted by Crippen LogP contribution is 2.18. The van der Waals surface area contributed by atoms with Gasteiger partial charge >= 0.3 is 5.97 Å². The molecule has 1 amide bonds. The first-order chi connectivity index (χ1) is 10.0. The molecule has 0 aliphatic carbocycles. The van der Waals surface area contributed by atoms with Crippen LogP contribution in [0.4, 0.5) is 14.5 Å². The summed E-state index contributed by atoms with van der Waals surface area (Å²) < 4.78 is 30.5. The highest BCUT2D eigenvalue weighted by atomic mass is 19.2. The molecule has 1 aliphatic heterocycles. The minimum atomic E-state index is -1.03. The number of methoxy groups -OCH3 is 1. The lowest BCUT2D eigenvalue weighted by Crippen LogP contribution is -2.41. The van der Waals surface area contributed by atoms with Crippen LogP contribution in [0.2, 0.25) is 0 Å². The molecule has 0 bridgehead atoms. The average Bonchev–Trinajstić information content (AvgIpc) is 2.90. The summed E-state index contributed by atoms with van der Waals surface area (Å²) >= 11 is 0. The van der Waals surface area contributed by atoms with E-state index < -0.39 is 23.6 Å². The number of nitrogens with one attached hydrogen (secondary N) is 1. The summed E-state index contributed by atoms with van der Waals surface area (Å²) in [5.41, 5.74) is 0.174. The standard InChI is InChI=1S/C14H16F2N2O3/c1-21-14(20)12-3-2-6-18(12)8-13(19)17-9-4-5-10(15)11(16)7-9/h4-5,7,12H,2-3,6,8H2,1H3,(H,17,19). The van der Waals surface area contributed by atoms with Gasteiger partial charge in [-0.2, -0.15) is 0 Å². The summed E-state index contributed by atoms with van der Waals surface area (Å²) in [5.74, 6) is -2.76. The third-order valence-electron chi connectivity index (χ3n) is 3.39. The molecule has 0 spiro atoms. The van der Waals surface area contributed by atoms with Gasteiger partial charge in [0.1, 0.15) is 6.04 Å². The lowest BCUT2D eigenvalue weighted by molar-refractivity contribution is -0.146. The van der Waals surface area contributed by atoms with Gasteiger partial charge < -0.3 is 10.1 Å². The van der Waals surface area contributed by atoms with Gasteiger partial charge in [-0.05, 0) is 31.5 Å². The van der Waals surface area contributed by atoms with Crippen molar-refractivity contribution >= 4 is 17.6 Å². The van der Waals surface area contributed by atoms with E-state index in [2.05, 4.69) is 10.1 Å². The second kappa shape index (κ2) is 6.62. The van der Waals surface area contributed by atoms with Gasteiger partial charge in [0.15, 0.2) is 11.6 Å². The first kappa shape index (κ1) is 15.4. The molecule has 1 saturated heterocycles. The van der Waals surface area contributed by atoms with E-state index >= 15 is 0 Å². The molecule has 21 heavy (non-hydrogen) atoms. The number of esters is 1. The fourth-order valence-corrected chi connectivity index (χ4v) is 2.38. The summed E-state index contributed by atoms with van der Waals surface area (Å²) in [6, 6.07) is 2.70. The second-order valence-electron chi connectivity index (χ2n) is 4.83. The van der Waals surface area contributed by atoms with E-state index in [0.717, 1.165) is 18.6 Å². The number of hydrogen-bond donors (Lipinski definition) is 1. The number of hydrogen-bond acceptors (Lipinski definition) is 4. The van der Waals surface area contributed by atoms with Gasteiger partial charge in [0, 0.05) is 11.8 Å². The Morgan fingerprint density at radius 3 is 2.81 bits per heavy atom. The molecule has 1 unspecified atom stereocenters. The zero-order valence-electron chi connectivity index (χ0n) is 11.6. The molecule has 7 heteroatoms. The van der Waals surface area contributed by atoms with Crippen molar-refractivity contribution in [3.63, 3.8) is 0 Å². The summed E-state index contributed by atoms with van der Waals surface area (Å²) in [4.78, 5) is 25.2. The number of halogens is 2. The molecule has 1 aliphatic rings. The van der Waals surface area contributed by atoms with Crippen molar-refractivity contribution in [2.45, 2.75) is 18.9 Å². The van der Waals surface area contributed by atoms with E-state index in [9.17, 15) is 18.4 Å². The lowest BCUT2D eigenvalue weighted by atomic mass is 10.2. The van der Waals surface area contributed by atoms with Crippen LogP contribution in [0.15, 0.2) is 18.2 Å². The van der Waals surface area contributed by atoms with E-state index in [-0.39, 0.29) is 18.2 Å². The fraction of sp³-hybridized carbons (Fsp3) is 0.429. The molecule has 1 aromatic carbocycles. The third-order valence-corrected chi connectivity index (χ3v) is 3.39. The van der Waals surface area contributed by atoms with E-state index in [1.807, 2.05) is 0 Å². The molecule has 5 nitrogen and oxygen atoms in total. The van der Waals surface area contributed by atoms with Gasteiger partial charge in [-0.1, -0.05) is 0 Å². The van der Waals surface area contributed by atoms with Crippen LogP contribution in [0.3, 0.4) is 0 Å². The van der Waals surface area contributed by atoms with E-state index in [0.29, 0.717) is 13.0 Å². The first-order valence-electron chi connectivity index (χ1n) is 6.58. The van der Waals surface area contributed by atoms with Crippen LogP contribution in [-0.2, 0) is 14.3 Å².